The van der Waals surface area contributed by atoms with Crippen LogP contribution in [-0.2, 0) is 9.53 Å². The molecule has 4 aliphatic rings. The number of fused-ring (bicyclic) bond motifs is 8. The number of nitrogens with one attached hydrogen (secondary N) is 1. The van der Waals surface area contributed by atoms with Gasteiger partial charge in [0.25, 0.3) is 0 Å². The third kappa shape index (κ3) is 1.01. The van der Waals surface area contributed by atoms with E-state index in [1.54, 1.807) is 0 Å². The number of hydrazone groups is 1. The van der Waals surface area contributed by atoms with Gasteiger partial charge >= 0.3 is 5.97 Å². The molecule has 0 radical (unpaired) electrons. The van der Waals surface area contributed by atoms with E-state index in [1.807, 2.05) is 6.92 Å². The summed E-state index contributed by atoms with van der Waals surface area (Å²) in [6.45, 7) is 2.21. The fraction of sp³-hybridized carbons (Fsp3) is 0.818. The van der Waals surface area contributed by atoms with Crippen molar-refractivity contribution in [2.75, 3.05) is 6.61 Å². The van der Waals surface area contributed by atoms with E-state index in [4.69, 9.17) is 4.74 Å². The number of esters is 1. The van der Waals surface area contributed by atoms with Gasteiger partial charge in [-0.1, -0.05) is 0 Å². The van der Waals surface area contributed by atoms with Crippen LogP contribution < -0.4 is 5.43 Å². The molecule has 1 N–H and O–H groups in total. The van der Waals surface area contributed by atoms with Crippen LogP contribution in [0.3, 0.4) is 0 Å². The number of hydrogen-bond donors (Lipinski definition) is 1. The van der Waals surface area contributed by atoms with E-state index in [1.165, 1.54) is 0 Å². The maximum absolute atomic E-state index is 11.8. The first-order valence-corrected chi connectivity index (χ1v) is 6.21. The summed E-state index contributed by atoms with van der Waals surface area (Å²) in [5.74, 6) is 0.862. The Kier molecular flexibility index (Phi) is 1.72. The van der Waals surface area contributed by atoms with Gasteiger partial charge in [0.05, 0.1) is 18.7 Å². The Hall–Kier alpha value is -1.46. The van der Waals surface area contributed by atoms with Crippen LogP contribution in [0, 0.1) is 17.8 Å². The highest BCUT2D eigenvalue weighted by molar-refractivity contribution is 6.38. The first kappa shape index (κ1) is 9.56. The summed E-state index contributed by atoms with van der Waals surface area (Å²) in [6, 6.07) is 0.992. The van der Waals surface area contributed by atoms with Gasteiger partial charge in [0.2, 0.25) is 0 Å². The van der Waals surface area contributed by atoms with Gasteiger partial charge in [-0.2, -0.15) is 15.3 Å². The summed E-state index contributed by atoms with van der Waals surface area (Å²) in [5, 5.41) is 12.6. The first-order valence-electron chi connectivity index (χ1n) is 6.21. The van der Waals surface area contributed by atoms with Gasteiger partial charge in [-0.05, 0) is 19.3 Å². The van der Waals surface area contributed by atoms with Crippen LogP contribution in [0.25, 0.3) is 0 Å². The van der Waals surface area contributed by atoms with Crippen LogP contribution >= 0.6 is 0 Å². The smallest absolute Gasteiger partial charge is 0.354 e. The summed E-state index contributed by atoms with van der Waals surface area (Å²) in [7, 11) is 0. The van der Waals surface area contributed by atoms with E-state index < -0.39 is 0 Å². The maximum atomic E-state index is 11.8. The average Bonchev–Trinajstić information content (AvgIpc) is 2.85. The second-order valence-electron chi connectivity index (χ2n) is 5.17. The third-order valence-corrected chi connectivity index (χ3v) is 4.55. The molecule has 2 heterocycles. The lowest BCUT2D eigenvalue weighted by molar-refractivity contribution is -0.135. The molecule has 4 rings (SSSR count). The number of nitrogens with zero attached hydrogens (tertiary/aromatic N) is 3. The normalized spacial score (nSPS) is 47.9. The lowest BCUT2D eigenvalue weighted by Crippen LogP contribution is -2.51. The quantitative estimate of drug-likeness (QED) is 0.700. The van der Waals surface area contributed by atoms with Crippen molar-refractivity contribution in [2.45, 2.75) is 31.5 Å². The van der Waals surface area contributed by atoms with Crippen LogP contribution in [0.4, 0.5) is 0 Å². The monoisotopic (exact) mass is 234 g/mol. The fourth-order valence-corrected chi connectivity index (χ4v) is 3.90. The lowest BCUT2D eigenvalue weighted by Gasteiger charge is -2.37. The topological polar surface area (TPSA) is 75.4 Å². The highest BCUT2D eigenvalue weighted by atomic mass is 16.5. The maximum Gasteiger partial charge on any atom is 0.354 e. The summed E-state index contributed by atoms with van der Waals surface area (Å²) >= 11 is 0. The molecule has 2 aliphatic heterocycles. The molecule has 0 aromatic carbocycles. The molecule has 6 atom stereocenters. The Bertz CT molecular complexity index is 447. The van der Waals surface area contributed by atoms with Crippen molar-refractivity contribution in [1.29, 1.82) is 0 Å². The van der Waals surface area contributed by atoms with Gasteiger partial charge in [0, 0.05) is 11.8 Å². The van der Waals surface area contributed by atoms with Crippen LogP contribution in [0.1, 0.15) is 13.3 Å². The van der Waals surface area contributed by atoms with E-state index in [2.05, 4.69) is 20.8 Å². The zero-order valence-corrected chi connectivity index (χ0v) is 9.54. The Morgan fingerprint density at radius 2 is 2.18 bits per heavy atom. The van der Waals surface area contributed by atoms with Gasteiger partial charge in [0.1, 0.15) is 6.04 Å². The van der Waals surface area contributed by atoms with E-state index >= 15 is 0 Å². The van der Waals surface area contributed by atoms with Gasteiger partial charge in [0.15, 0.2) is 5.71 Å². The zero-order chi connectivity index (χ0) is 11.6. The van der Waals surface area contributed by atoms with Crippen LogP contribution in [0.15, 0.2) is 15.3 Å². The molecule has 2 unspecified atom stereocenters. The molecule has 0 amide bonds. The average molecular weight is 234 g/mol. The number of hydrogen-bond acceptors (Lipinski definition) is 6. The molecular weight excluding hydrogens is 220 g/mol. The van der Waals surface area contributed by atoms with Crippen molar-refractivity contribution in [1.82, 2.24) is 5.43 Å². The Morgan fingerprint density at radius 1 is 1.41 bits per heavy atom. The number of rotatable bonds is 2. The number of ether oxygens (including phenoxy) is 1. The molecular formula is C11H14N4O2. The van der Waals surface area contributed by atoms with E-state index in [0.29, 0.717) is 36.2 Å². The second kappa shape index (κ2) is 3.05. The second-order valence-corrected chi connectivity index (χ2v) is 5.17. The molecule has 2 saturated carbocycles. The number of carbonyl (C=O) groups excluding carboxylic acids is 1. The van der Waals surface area contributed by atoms with Crippen molar-refractivity contribution in [3.63, 3.8) is 0 Å². The first-order chi connectivity index (χ1) is 8.31. The van der Waals surface area contributed by atoms with Crippen molar-refractivity contribution in [3.8, 4) is 0 Å². The van der Waals surface area contributed by atoms with Gasteiger partial charge in [-0.3, -0.25) is 0 Å². The molecule has 0 aromatic rings. The van der Waals surface area contributed by atoms with Gasteiger partial charge < -0.3 is 10.2 Å². The van der Waals surface area contributed by atoms with Gasteiger partial charge in [-0.15, -0.1) is 0 Å². The molecule has 6 nitrogen and oxygen atoms in total. The van der Waals surface area contributed by atoms with Crippen LogP contribution in [0.2, 0.25) is 0 Å². The van der Waals surface area contributed by atoms with Crippen LogP contribution in [0.5, 0.6) is 0 Å². The molecule has 6 heteroatoms. The highest BCUT2D eigenvalue weighted by Crippen LogP contribution is 2.56. The highest BCUT2D eigenvalue weighted by Gasteiger charge is 2.65. The van der Waals surface area contributed by atoms with Crippen LogP contribution in [-0.4, -0.2) is 36.4 Å². The van der Waals surface area contributed by atoms with Crippen molar-refractivity contribution in [2.24, 2.45) is 33.1 Å². The van der Waals surface area contributed by atoms with Crippen molar-refractivity contribution >= 4 is 11.7 Å². The summed E-state index contributed by atoms with van der Waals surface area (Å²) in [5.41, 5.74) is 3.68. The Labute approximate surface area is 98.5 Å². The number of carbonyl (C=O) groups is 1. The molecule has 90 valence electrons. The van der Waals surface area contributed by atoms with Gasteiger partial charge in [-0.25, -0.2) is 4.79 Å². The molecule has 2 aliphatic carbocycles. The zero-order valence-electron chi connectivity index (χ0n) is 9.54. The van der Waals surface area contributed by atoms with E-state index in [0.717, 1.165) is 6.42 Å². The fourth-order valence-electron chi connectivity index (χ4n) is 3.90. The molecule has 17 heavy (non-hydrogen) atoms. The summed E-state index contributed by atoms with van der Waals surface area (Å²) in [4.78, 5) is 11.8. The van der Waals surface area contributed by atoms with Crippen molar-refractivity contribution in [3.05, 3.63) is 0 Å². The molecule has 2 fully saturated rings. The summed E-state index contributed by atoms with van der Waals surface area (Å²) < 4.78 is 5.06. The summed E-state index contributed by atoms with van der Waals surface area (Å²) in [6.07, 6.45) is 1.11. The predicted molar refractivity (Wildman–Crippen MR) is 58.5 cm³/mol. The molecule has 0 aromatic heterocycles. The predicted octanol–water partition coefficient (Wildman–Crippen LogP) is 0.346. The van der Waals surface area contributed by atoms with E-state index in [9.17, 15) is 4.79 Å². The van der Waals surface area contributed by atoms with Crippen molar-refractivity contribution < 1.29 is 9.53 Å². The third-order valence-electron chi connectivity index (χ3n) is 4.55. The largest absolute Gasteiger partial charge is 0.461 e. The minimum Gasteiger partial charge on any atom is -0.461 e. The Morgan fingerprint density at radius 3 is 2.88 bits per heavy atom. The molecule has 2 bridgehead atoms. The SMILES string of the molecule is CCOC(=O)C1=NNC2C1[C@@H]1C[C@H]2[C@H]2N=N[C@H]21. The molecule has 0 spiro atoms. The number of azo groups is 1. The Balaban J connectivity index is 1.62. The minimum absolute atomic E-state index is 0.194. The standard InChI is InChI=1S/C11H14N4O2/c1-2-17-11(16)10-6-4-3-5(7(6)12-15-10)9-8(4)13-14-9/h4-9,12H,2-3H2,1H3/t4-,5+,6?,7?,8-,9+/m0/s1. The molecule has 0 saturated heterocycles. The lowest BCUT2D eigenvalue weighted by atomic mass is 9.76. The minimum atomic E-state index is -0.270. The van der Waals surface area contributed by atoms with E-state index in [-0.39, 0.29) is 17.9 Å².